The second-order valence-electron chi connectivity index (χ2n) is 8.75. The SMILES string of the molecule is O=C([O-])CCCCCNC(=O)CN1CCN(CC(=O)[O-])CCN(CC(=O)[O-])CCN(CC(=O)[O-])CC1.[Gd+3].[Na+]. The Kier molecular flexibility index (Phi) is 24.3. The number of nitrogens with one attached hydrogen (secondary N) is 1. The Balaban J connectivity index is 0. The van der Waals surface area contributed by atoms with E-state index in [4.69, 9.17) is 0 Å². The van der Waals surface area contributed by atoms with Crippen LogP contribution < -0.4 is 55.3 Å². The van der Waals surface area contributed by atoms with Crippen molar-refractivity contribution in [2.24, 2.45) is 0 Å². The second-order valence-corrected chi connectivity index (χ2v) is 8.75. The van der Waals surface area contributed by atoms with Crippen molar-refractivity contribution in [3.63, 3.8) is 0 Å². The molecule has 0 aromatic heterocycles. The molecule has 16 heteroatoms. The average molecular weight is 694 g/mol. The Labute approximate surface area is 277 Å². The molecule has 1 N–H and O–H groups in total. The van der Waals surface area contributed by atoms with Crippen LogP contribution in [0.25, 0.3) is 0 Å². The predicted octanol–water partition coefficient (Wildman–Crippen LogP) is -10.1. The number of carboxylic acids is 4. The van der Waals surface area contributed by atoms with Gasteiger partial charge in [0.2, 0.25) is 5.91 Å². The van der Waals surface area contributed by atoms with Gasteiger partial charge < -0.3 is 44.9 Å². The summed E-state index contributed by atoms with van der Waals surface area (Å²) in [5.41, 5.74) is 0. The maximum atomic E-state index is 12.4. The van der Waals surface area contributed by atoms with E-state index in [1.165, 1.54) is 0 Å². The minimum atomic E-state index is -1.30. The van der Waals surface area contributed by atoms with Crippen molar-refractivity contribution in [3.8, 4) is 0 Å². The summed E-state index contributed by atoms with van der Waals surface area (Å²) >= 11 is 0. The van der Waals surface area contributed by atoms with Crippen LogP contribution in [0, 0.1) is 39.9 Å². The van der Waals surface area contributed by atoms with Gasteiger partial charge in [-0.1, -0.05) is 6.42 Å². The van der Waals surface area contributed by atoms with Crippen molar-refractivity contribution in [2.45, 2.75) is 25.7 Å². The van der Waals surface area contributed by atoms with E-state index in [-0.39, 0.29) is 147 Å². The summed E-state index contributed by atoms with van der Waals surface area (Å²) in [4.78, 5) is 62.9. The number of amides is 1. The van der Waals surface area contributed by atoms with Gasteiger partial charge in [-0.2, -0.15) is 0 Å². The molecule has 1 radical (unpaired) electrons. The fourth-order valence-electron chi connectivity index (χ4n) is 3.82. The summed E-state index contributed by atoms with van der Waals surface area (Å²) in [5.74, 6) is -5.23. The molecular weight excluding hydrogens is 659 g/mol. The minimum Gasteiger partial charge on any atom is -0.550 e. The standard InChI is InChI=1S/C22H39N5O9.Gd.Na/c28-18(23-5-3-1-2-4-19(29)30)14-24-6-8-25(15-20(31)32)10-12-27(17-22(35)36)13-11-26(9-7-24)16-21(33)34;;/h1-17H2,(H,23,28)(H,29,30)(H,31,32)(H,33,34)(H,35,36);;/q;+3;+1/p-4. The fourth-order valence-corrected chi connectivity index (χ4v) is 3.82. The van der Waals surface area contributed by atoms with Gasteiger partial charge in [0, 0.05) is 84.5 Å². The van der Waals surface area contributed by atoms with Gasteiger partial charge in [0.25, 0.3) is 0 Å². The third-order valence-corrected chi connectivity index (χ3v) is 5.74. The van der Waals surface area contributed by atoms with Crippen molar-refractivity contribution in [1.82, 2.24) is 24.9 Å². The minimum absolute atomic E-state index is 0. The molecule has 0 atom stereocenters. The van der Waals surface area contributed by atoms with E-state index in [1.54, 1.807) is 19.6 Å². The van der Waals surface area contributed by atoms with Gasteiger partial charge in [0.05, 0.1) is 24.5 Å². The summed E-state index contributed by atoms with van der Waals surface area (Å²) in [5, 5.41) is 46.7. The Morgan fingerprint density at radius 2 is 0.868 bits per heavy atom. The average Bonchev–Trinajstić information content (AvgIpc) is 2.76. The van der Waals surface area contributed by atoms with E-state index in [0.717, 1.165) is 0 Å². The Bertz CT molecular complexity index is 718. The summed E-state index contributed by atoms with van der Waals surface area (Å²) in [6, 6.07) is 0. The van der Waals surface area contributed by atoms with Gasteiger partial charge in [-0.15, -0.1) is 0 Å². The maximum absolute atomic E-state index is 12.4. The van der Waals surface area contributed by atoms with E-state index < -0.39 is 23.9 Å². The maximum Gasteiger partial charge on any atom is 3.00 e. The molecule has 1 heterocycles. The molecule has 211 valence electrons. The van der Waals surface area contributed by atoms with Crippen molar-refractivity contribution in [3.05, 3.63) is 0 Å². The molecule has 14 nitrogen and oxygen atoms in total. The van der Waals surface area contributed by atoms with Gasteiger partial charge >= 0.3 is 69.5 Å². The number of unbranched alkanes of at least 4 members (excludes halogenated alkanes) is 2. The number of carbonyl (C=O) groups is 5. The first-order valence-electron chi connectivity index (χ1n) is 12.0. The van der Waals surface area contributed by atoms with Crippen molar-refractivity contribution >= 4 is 29.8 Å². The first-order valence-corrected chi connectivity index (χ1v) is 12.0. The molecule has 0 aromatic carbocycles. The van der Waals surface area contributed by atoms with Gasteiger partial charge in [-0.25, -0.2) is 0 Å². The molecular formula is C22H35GdN5NaO9. The van der Waals surface area contributed by atoms with Crippen molar-refractivity contribution in [1.29, 1.82) is 0 Å². The molecule has 0 saturated carbocycles. The van der Waals surface area contributed by atoms with Crippen LogP contribution in [0.5, 0.6) is 0 Å². The number of hydrogen-bond acceptors (Lipinski definition) is 13. The Morgan fingerprint density at radius 3 is 1.18 bits per heavy atom. The molecule has 0 unspecified atom stereocenters. The topological polar surface area (TPSA) is 203 Å². The summed E-state index contributed by atoms with van der Waals surface area (Å²) in [7, 11) is 0. The van der Waals surface area contributed by atoms with Gasteiger partial charge in [-0.3, -0.25) is 24.4 Å². The molecule has 38 heavy (non-hydrogen) atoms. The fraction of sp³-hybridized carbons (Fsp3) is 0.773. The largest absolute Gasteiger partial charge is 3.00 e. The Morgan fingerprint density at radius 1 is 0.526 bits per heavy atom. The van der Waals surface area contributed by atoms with E-state index in [1.807, 2.05) is 0 Å². The zero-order valence-electron chi connectivity index (χ0n) is 21.8. The van der Waals surface area contributed by atoms with Crippen LogP contribution in [-0.4, -0.2) is 134 Å². The molecule has 0 aromatic rings. The number of rotatable bonds is 14. The monoisotopic (exact) mass is 694 g/mol. The molecule has 1 aliphatic rings. The van der Waals surface area contributed by atoms with Crippen molar-refractivity contribution < 1.29 is 114 Å². The van der Waals surface area contributed by atoms with E-state index in [2.05, 4.69) is 5.32 Å². The summed E-state index contributed by atoms with van der Waals surface area (Å²) in [6.07, 6.45) is 1.67. The molecule has 1 amide bonds. The van der Waals surface area contributed by atoms with Crippen LogP contribution in [0.1, 0.15) is 25.7 Å². The second kappa shape index (κ2) is 23.2. The van der Waals surface area contributed by atoms with Crippen LogP contribution in [0.15, 0.2) is 0 Å². The summed E-state index contributed by atoms with van der Waals surface area (Å²) < 4.78 is 0. The van der Waals surface area contributed by atoms with Crippen LogP contribution in [0.2, 0.25) is 0 Å². The molecule has 1 saturated heterocycles. The molecule has 0 aliphatic carbocycles. The summed E-state index contributed by atoms with van der Waals surface area (Å²) in [6.45, 7) is 1.35. The molecule has 1 fully saturated rings. The third kappa shape index (κ3) is 21.4. The first kappa shape index (κ1) is 39.7. The van der Waals surface area contributed by atoms with Crippen LogP contribution in [0.4, 0.5) is 0 Å². The van der Waals surface area contributed by atoms with E-state index >= 15 is 0 Å². The molecule has 0 bridgehead atoms. The van der Waals surface area contributed by atoms with Crippen LogP contribution >= 0.6 is 0 Å². The first-order chi connectivity index (χ1) is 17.0. The van der Waals surface area contributed by atoms with Gasteiger partial charge in [0.15, 0.2) is 0 Å². The predicted molar refractivity (Wildman–Crippen MR) is 117 cm³/mol. The number of carboxylic acid groups (broad SMARTS) is 4. The number of nitrogens with zero attached hydrogens (tertiary/aromatic N) is 4. The van der Waals surface area contributed by atoms with Gasteiger partial charge in [-0.05, 0) is 19.3 Å². The van der Waals surface area contributed by atoms with E-state index in [9.17, 15) is 44.4 Å². The number of hydrogen-bond donors (Lipinski definition) is 1. The van der Waals surface area contributed by atoms with Crippen molar-refractivity contribution in [2.75, 3.05) is 85.1 Å². The van der Waals surface area contributed by atoms with Crippen LogP contribution in [0.3, 0.4) is 0 Å². The van der Waals surface area contributed by atoms with Gasteiger partial charge in [0.1, 0.15) is 0 Å². The Hall–Kier alpha value is -0.485. The normalized spacial score (nSPS) is 16.6. The zero-order chi connectivity index (χ0) is 26.9. The molecule has 1 rings (SSSR count). The smallest absolute Gasteiger partial charge is 0.550 e. The zero-order valence-corrected chi connectivity index (χ0v) is 26.1. The van der Waals surface area contributed by atoms with Crippen LogP contribution in [-0.2, 0) is 24.0 Å². The number of carbonyl (C=O) groups excluding carboxylic acids is 5. The molecule has 0 spiro atoms. The quantitative estimate of drug-likeness (QED) is 0.133. The van der Waals surface area contributed by atoms with E-state index in [0.29, 0.717) is 38.9 Å². The third-order valence-electron chi connectivity index (χ3n) is 5.74. The molecule has 1 aliphatic heterocycles. The number of aliphatic carboxylic acids is 4.